The summed E-state index contributed by atoms with van der Waals surface area (Å²) in [6, 6.07) is 6.23. The second-order valence-corrected chi connectivity index (χ2v) is 4.48. The van der Waals surface area contributed by atoms with Gasteiger partial charge in [0.05, 0.1) is 5.02 Å². The van der Waals surface area contributed by atoms with Crippen LogP contribution >= 0.6 is 11.6 Å². The Balaban J connectivity index is 1.94. The number of rotatable bonds is 4. The van der Waals surface area contributed by atoms with Gasteiger partial charge in [-0.25, -0.2) is 13.2 Å². The van der Waals surface area contributed by atoms with Gasteiger partial charge >= 0.3 is 0 Å². The van der Waals surface area contributed by atoms with E-state index in [1.165, 1.54) is 12.1 Å². The number of amides is 1. The molecule has 1 N–H and O–H groups in total. The van der Waals surface area contributed by atoms with Crippen LogP contribution in [-0.4, -0.2) is 12.5 Å². The van der Waals surface area contributed by atoms with Crippen LogP contribution in [0.1, 0.15) is 0 Å². The van der Waals surface area contributed by atoms with E-state index in [0.717, 1.165) is 18.2 Å². The highest BCUT2D eigenvalue weighted by molar-refractivity contribution is 6.30. The highest BCUT2D eigenvalue weighted by atomic mass is 35.5. The molecule has 2 aromatic carbocycles. The van der Waals surface area contributed by atoms with Crippen molar-refractivity contribution in [2.24, 2.45) is 0 Å². The predicted octanol–water partition coefficient (Wildman–Crippen LogP) is 3.77. The first-order valence-corrected chi connectivity index (χ1v) is 6.15. The fraction of sp³-hybridized carbons (Fsp3) is 0.0714. The summed E-state index contributed by atoms with van der Waals surface area (Å²) < 4.78 is 43.9. The molecule has 21 heavy (non-hydrogen) atoms. The SMILES string of the molecule is O=C(COc1ccc(F)c(Cl)c1)Nc1cc(F)cc(F)c1. The highest BCUT2D eigenvalue weighted by Crippen LogP contribution is 2.21. The number of nitrogens with one attached hydrogen (secondary N) is 1. The molecule has 2 aromatic rings. The Morgan fingerprint density at radius 2 is 1.76 bits per heavy atom. The lowest BCUT2D eigenvalue weighted by Crippen LogP contribution is -2.20. The average molecular weight is 316 g/mol. The molecule has 0 saturated heterocycles. The molecule has 0 atom stereocenters. The van der Waals surface area contributed by atoms with Crippen LogP contribution in [0, 0.1) is 17.5 Å². The zero-order valence-electron chi connectivity index (χ0n) is 10.5. The number of carbonyl (C=O) groups is 1. The Kier molecular flexibility index (Phi) is 4.70. The molecule has 0 radical (unpaired) electrons. The number of hydrogen-bond donors (Lipinski definition) is 1. The van der Waals surface area contributed by atoms with Gasteiger partial charge in [0.1, 0.15) is 23.2 Å². The van der Waals surface area contributed by atoms with Gasteiger partial charge in [-0.1, -0.05) is 11.6 Å². The largest absolute Gasteiger partial charge is 0.484 e. The van der Waals surface area contributed by atoms with E-state index in [9.17, 15) is 18.0 Å². The van der Waals surface area contributed by atoms with Crippen molar-refractivity contribution in [3.63, 3.8) is 0 Å². The average Bonchev–Trinajstić information content (AvgIpc) is 2.39. The van der Waals surface area contributed by atoms with Crippen molar-refractivity contribution >= 4 is 23.2 Å². The Morgan fingerprint density at radius 3 is 2.38 bits per heavy atom. The van der Waals surface area contributed by atoms with Gasteiger partial charge in [0.15, 0.2) is 6.61 Å². The molecule has 7 heteroatoms. The maximum absolute atomic E-state index is 12.9. The Morgan fingerprint density at radius 1 is 1.10 bits per heavy atom. The summed E-state index contributed by atoms with van der Waals surface area (Å²) in [5.41, 5.74) is -0.0294. The molecule has 0 spiro atoms. The van der Waals surface area contributed by atoms with Crippen molar-refractivity contribution in [3.8, 4) is 5.75 Å². The van der Waals surface area contributed by atoms with E-state index in [1.807, 2.05) is 0 Å². The zero-order valence-corrected chi connectivity index (χ0v) is 11.3. The number of benzene rings is 2. The molecule has 0 aliphatic rings. The van der Waals surface area contributed by atoms with Crippen LogP contribution in [0.5, 0.6) is 5.75 Å². The van der Waals surface area contributed by atoms with Gasteiger partial charge in [0.25, 0.3) is 5.91 Å². The lowest BCUT2D eigenvalue weighted by atomic mass is 10.3. The quantitative estimate of drug-likeness (QED) is 0.932. The molecule has 3 nitrogen and oxygen atoms in total. The fourth-order valence-electron chi connectivity index (χ4n) is 1.54. The third kappa shape index (κ3) is 4.39. The third-order valence-corrected chi connectivity index (χ3v) is 2.70. The molecule has 0 bridgehead atoms. The number of carbonyl (C=O) groups excluding carboxylic acids is 1. The summed E-state index contributed by atoms with van der Waals surface area (Å²) in [5.74, 6) is -2.65. The van der Waals surface area contributed by atoms with Crippen molar-refractivity contribution in [2.75, 3.05) is 11.9 Å². The Labute approximate surface area is 123 Å². The van der Waals surface area contributed by atoms with Crippen LogP contribution in [0.4, 0.5) is 18.9 Å². The standard InChI is InChI=1S/C14H9ClF3NO2/c15-12-6-11(1-2-13(12)18)21-7-14(20)19-10-4-8(16)3-9(17)5-10/h1-6H,7H2,(H,19,20). The minimum absolute atomic E-state index is 0.0294. The number of hydrogen-bond acceptors (Lipinski definition) is 2. The topological polar surface area (TPSA) is 38.3 Å². The molecular formula is C14H9ClF3NO2. The monoisotopic (exact) mass is 315 g/mol. The van der Waals surface area contributed by atoms with Crippen LogP contribution in [0.3, 0.4) is 0 Å². The summed E-state index contributed by atoms with van der Waals surface area (Å²) in [6.45, 7) is -0.417. The summed E-state index contributed by atoms with van der Waals surface area (Å²) in [5, 5.41) is 2.13. The summed E-state index contributed by atoms with van der Waals surface area (Å²) >= 11 is 5.55. The zero-order chi connectivity index (χ0) is 15.4. The maximum Gasteiger partial charge on any atom is 0.262 e. The van der Waals surface area contributed by atoms with E-state index in [-0.39, 0.29) is 16.5 Å². The van der Waals surface area contributed by atoms with E-state index >= 15 is 0 Å². The minimum Gasteiger partial charge on any atom is -0.484 e. The van der Waals surface area contributed by atoms with Crippen molar-refractivity contribution in [1.82, 2.24) is 0 Å². The van der Waals surface area contributed by atoms with Gasteiger partial charge < -0.3 is 10.1 Å². The summed E-state index contributed by atoms with van der Waals surface area (Å²) in [6.07, 6.45) is 0. The van der Waals surface area contributed by atoms with Gasteiger partial charge in [0, 0.05) is 17.8 Å². The predicted molar refractivity (Wildman–Crippen MR) is 71.9 cm³/mol. The second-order valence-electron chi connectivity index (χ2n) is 4.07. The van der Waals surface area contributed by atoms with E-state index < -0.39 is 30.0 Å². The van der Waals surface area contributed by atoms with Gasteiger partial charge in [-0.2, -0.15) is 0 Å². The lowest BCUT2D eigenvalue weighted by molar-refractivity contribution is -0.118. The molecule has 0 aliphatic carbocycles. The van der Waals surface area contributed by atoms with Crippen molar-refractivity contribution < 1.29 is 22.7 Å². The van der Waals surface area contributed by atoms with Gasteiger partial charge in [-0.3, -0.25) is 4.79 Å². The molecule has 1 amide bonds. The molecule has 0 saturated carbocycles. The third-order valence-electron chi connectivity index (χ3n) is 2.41. The maximum atomic E-state index is 12.9. The van der Waals surface area contributed by atoms with Crippen LogP contribution in [0.2, 0.25) is 5.02 Å². The van der Waals surface area contributed by atoms with E-state index in [4.69, 9.17) is 16.3 Å². The van der Waals surface area contributed by atoms with Gasteiger partial charge in [-0.15, -0.1) is 0 Å². The fourth-order valence-corrected chi connectivity index (χ4v) is 1.71. The van der Waals surface area contributed by atoms with Gasteiger partial charge in [0.2, 0.25) is 0 Å². The molecular weight excluding hydrogens is 307 g/mol. The Hall–Kier alpha value is -2.21. The number of anilines is 1. The van der Waals surface area contributed by atoms with Crippen molar-refractivity contribution in [3.05, 3.63) is 58.9 Å². The van der Waals surface area contributed by atoms with Crippen molar-refractivity contribution in [2.45, 2.75) is 0 Å². The van der Waals surface area contributed by atoms with Gasteiger partial charge in [-0.05, 0) is 24.3 Å². The Bertz CT molecular complexity index is 659. The first-order chi connectivity index (χ1) is 9.94. The van der Waals surface area contributed by atoms with Crippen LogP contribution < -0.4 is 10.1 Å². The lowest BCUT2D eigenvalue weighted by Gasteiger charge is -2.08. The first kappa shape index (κ1) is 15.2. The smallest absolute Gasteiger partial charge is 0.262 e. The van der Waals surface area contributed by atoms with Crippen molar-refractivity contribution in [1.29, 1.82) is 0 Å². The highest BCUT2D eigenvalue weighted by Gasteiger charge is 2.07. The molecule has 0 aliphatic heterocycles. The molecule has 0 aromatic heterocycles. The molecule has 2 rings (SSSR count). The molecule has 0 unspecified atom stereocenters. The molecule has 0 fully saturated rings. The normalized spacial score (nSPS) is 10.3. The number of halogens is 4. The van der Waals surface area contributed by atoms with E-state index in [2.05, 4.69) is 5.32 Å². The first-order valence-electron chi connectivity index (χ1n) is 5.78. The molecule has 0 heterocycles. The van der Waals surface area contributed by atoms with Crippen LogP contribution in [0.25, 0.3) is 0 Å². The summed E-state index contributed by atoms with van der Waals surface area (Å²) in [7, 11) is 0. The number of ether oxygens (including phenoxy) is 1. The second kappa shape index (κ2) is 6.49. The minimum atomic E-state index is -0.809. The van der Waals surface area contributed by atoms with E-state index in [0.29, 0.717) is 6.07 Å². The summed E-state index contributed by atoms with van der Waals surface area (Å²) in [4.78, 5) is 11.6. The van der Waals surface area contributed by atoms with Crippen LogP contribution in [0.15, 0.2) is 36.4 Å². The molecule has 110 valence electrons. The van der Waals surface area contributed by atoms with Crippen LogP contribution in [-0.2, 0) is 4.79 Å². The van der Waals surface area contributed by atoms with E-state index in [1.54, 1.807) is 0 Å².